The van der Waals surface area contributed by atoms with Crippen LogP contribution in [0.25, 0.3) is 0 Å². The lowest BCUT2D eigenvalue weighted by Crippen LogP contribution is -2.34. The number of aryl methyl sites for hydroxylation is 2. The molecule has 4 nitrogen and oxygen atoms in total. The van der Waals surface area contributed by atoms with Gasteiger partial charge >= 0.3 is 0 Å². The Balaban J connectivity index is 2.49. The summed E-state index contributed by atoms with van der Waals surface area (Å²) in [4.78, 5) is 2.28. The van der Waals surface area contributed by atoms with Crippen LogP contribution in [0.2, 0.25) is 0 Å². The number of rotatable bonds is 7. The smallest absolute Gasteiger partial charge is 0.0638 e. The Bertz CT molecular complexity index is 332. The van der Waals surface area contributed by atoms with Crippen LogP contribution in [0.4, 0.5) is 0 Å². The van der Waals surface area contributed by atoms with Gasteiger partial charge < -0.3 is 10.6 Å². The normalized spacial score (nSPS) is 13.3. The molecule has 17 heavy (non-hydrogen) atoms. The van der Waals surface area contributed by atoms with E-state index >= 15 is 0 Å². The molecule has 0 aromatic carbocycles. The molecule has 1 heterocycles. The lowest BCUT2D eigenvalue weighted by Gasteiger charge is -2.20. The van der Waals surface area contributed by atoms with Crippen molar-refractivity contribution >= 4 is 0 Å². The van der Waals surface area contributed by atoms with Crippen LogP contribution in [0.15, 0.2) is 6.20 Å². The third kappa shape index (κ3) is 4.48. The van der Waals surface area contributed by atoms with Gasteiger partial charge in [0.1, 0.15) is 0 Å². The first kappa shape index (κ1) is 14.2. The predicted molar refractivity (Wildman–Crippen MR) is 71.9 cm³/mol. The van der Waals surface area contributed by atoms with Gasteiger partial charge in [0.2, 0.25) is 0 Å². The fourth-order valence-corrected chi connectivity index (χ4v) is 2.09. The van der Waals surface area contributed by atoms with Crippen molar-refractivity contribution in [2.75, 3.05) is 13.6 Å². The van der Waals surface area contributed by atoms with Crippen molar-refractivity contribution in [1.82, 2.24) is 14.7 Å². The molecule has 0 saturated heterocycles. The Labute approximate surface area is 105 Å². The number of nitrogens with zero attached hydrogens (tertiary/aromatic N) is 3. The van der Waals surface area contributed by atoms with E-state index in [2.05, 4.69) is 44.0 Å². The van der Waals surface area contributed by atoms with Gasteiger partial charge in [0.05, 0.1) is 5.69 Å². The van der Waals surface area contributed by atoms with Crippen molar-refractivity contribution < 1.29 is 0 Å². The first-order chi connectivity index (χ1) is 8.06. The van der Waals surface area contributed by atoms with E-state index in [1.54, 1.807) is 0 Å². The minimum atomic E-state index is 0.284. The van der Waals surface area contributed by atoms with Gasteiger partial charge in [-0.25, -0.2) is 0 Å². The summed E-state index contributed by atoms with van der Waals surface area (Å²) >= 11 is 0. The van der Waals surface area contributed by atoms with E-state index in [0.717, 1.165) is 38.2 Å². The summed E-state index contributed by atoms with van der Waals surface area (Å²) in [6, 6.07) is 0.284. The van der Waals surface area contributed by atoms with Gasteiger partial charge in [-0.15, -0.1) is 0 Å². The van der Waals surface area contributed by atoms with Gasteiger partial charge in [0.15, 0.2) is 0 Å². The van der Waals surface area contributed by atoms with Crippen LogP contribution in [0, 0.1) is 6.92 Å². The van der Waals surface area contributed by atoms with Crippen molar-refractivity contribution in [1.29, 1.82) is 0 Å². The van der Waals surface area contributed by atoms with Crippen molar-refractivity contribution in [3.8, 4) is 0 Å². The Morgan fingerprint density at radius 1 is 1.47 bits per heavy atom. The summed E-state index contributed by atoms with van der Waals surface area (Å²) < 4.78 is 1.99. The maximum Gasteiger partial charge on any atom is 0.0638 e. The van der Waals surface area contributed by atoms with E-state index in [1.165, 1.54) is 5.56 Å². The highest BCUT2D eigenvalue weighted by atomic mass is 15.3. The van der Waals surface area contributed by atoms with Crippen molar-refractivity contribution in [2.45, 2.75) is 52.7 Å². The maximum absolute atomic E-state index is 6.05. The van der Waals surface area contributed by atoms with Crippen LogP contribution in [0.1, 0.15) is 37.9 Å². The van der Waals surface area contributed by atoms with Gasteiger partial charge in [0.25, 0.3) is 0 Å². The molecular formula is C13H26N4. The molecule has 1 rings (SSSR count). The zero-order valence-electron chi connectivity index (χ0n) is 11.6. The quantitative estimate of drug-likeness (QED) is 0.787. The maximum atomic E-state index is 6.05. The van der Waals surface area contributed by atoms with E-state index in [1.807, 2.05) is 4.68 Å². The average Bonchev–Trinajstić information content (AvgIpc) is 2.59. The van der Waals surface area contributed by atoms with E-state index < -0.39 is 0 Å². The third-order valence-electron chi connectivity index (χ3n) is 3.02. The lowest BCUT2D eigenvalue weighted by atomic mass is 10.1. The second kappa shape index (κ2) is 6.77. The van der Waals surface area contributed by atoms with Gasteiger partial charge in [-0.2, -0.15) is 5.10 Å². The summed E-state index contributed by atoms with van der Waals surface area (Å²) in [5, 5.41) is 4.46. The molecule has 0 aliphatic heterocycles. The van der Waals surface area contributed by atoms with Crippen LogP contribution in [-0.2, 0) is 13.1 Å². The minimum absolute atomic E-state index is 0.284. The highest BCUT2D eigenvalue weighted by molar-refractivity contribution is 5.15. The van der Waals surface area contributed by atoms with Crippen molar-refractivity contribution in [3.05, 3.63) is 17.5 Å². The Morgan fingerprint density at radius 3 is 2.71 bits per heavy atom. The molecule has 0 spiro atoms. The fraction of sp³-hybridized carbons (Fsp3) is 0.769. The summed E-state index contributed by atoms with van der Waals surface area (Å²) in [6.07, 6.45) is 4.39. The average molecular weight is 238 g/mol. The van der Waals surface area contributed by atoms with Gasteiger partial charge in [-0.3, -0.25) is 4.68 Å². The predicted octanol–water partition coefficient (Wildman–Crippen LogP) is 1.77. The first-order valence-electron chi connectivity index (χ1n) is 6.53. The van der Waals surface area contributed by atoms with Crippen LogP contribution in [0.5, 0.6) is 0 Å². The van der Waals surface area contributed by atoms with Crippen molar-refractivity contribution in [2.24, 2.45) is 5.73 Å². The molecule has 0 bridgehead atoms. The summed E-state index contributed by atoms with van der Waals surface area (Å²) in [5.41, 5.74) is 8.48. The Hall–Kier alpha value is -0.870. The number of nitrogens with two attached hydrogens (primary N) is 1. The molecular weight excluding hydrogens is 212 g/mol. The van der Waals surface area contributed by atoms with Gasteiger partial charge in [-0.05, 0) is 27.3 Å². The van der Waals surface area contributed by atoms with Crippen molar-refractivity contribution in [3.63, 3.8) is 0 Å². The summed E-state index contributed by atoms with van der Waals surface area (Å²) in [6.45, 7) is 9.17. The Morgan fingerprint density at radius 2 is 2.18 bits per heavy atom. The SMILES string of the molecule is CCC[C@@H](N)CN(C)Cc1cn(CC)nc1C. The lowest BCUT2D eigenvalue weighted by molar-refractivity contribution is 0.296. The van der Waals surface area contributed by atoms with Crippen LogP contribution in [0.3, 0.4) is 0 Å². The molecule has 0 aliphatic carbocycles. The molecule has 0 unspecified atom stereocenters. The molecule has 0 amide bonds. The standard InChI is InChI=1S/C13H26N4/c1-5-7-13(14)10-16(4)8-12-9-17(6-2)15-11(12)3/h9,13H,5-8,10,14H2,1-4H3/t13-/m1/s1. The number of likely N-dealkylation sites (N-methyl/N-ethyl adjacent to an activating group) is 1. The van der Waals surface area contributed by atoms with E-state index in [-0.39, 0.29) is 6.04 Å². The van der Waals surface area contributed by atoms with Crippen LogP contribution >= 0.6 is 0 Å². The summed E-state index contributed by atoms with van der Waals surface area (Å²) in [5.74, 6) is 0. The molecule has 1 aromatic rings. The van der Waals surface area contributed by atoms with E-state index in [4.69, 9.17) is 5.73 Å². The highest BCUT2D eigenvalue weighted by Gasteiger charge is 2.10. The second-order valence-corrected chi connectivity index (χ2v) is 4.84. The van der Waals surface area contributed by atoms with Gasteiger partial charge in [0, 0.05) is 37.4 Å². The first-order valence-corrected chi connectivity index (χ1v) is 6.53. The highest BCUT2D eigenvalue weighted by Crippen LogP contribution is 2.09. The second-order valence-electron chi connectivity index (χ2n) is 4.84. The minimum Gasteiger partial charge on any atom is -0.327 e. The monoisotopic (exact) mass is 238 g/mol. The molecule has 0 fully saturated rings. The third-order valence-corrected chi connectivity index (χ3v) is 3.02. The number of hydrogen-bond acceptors (Lipinski definition) is 3. The Kier molecular flexibility index (Phi) is 5.65. The fourth-order valence-electron chi connectivity index (χ4n) is 2.09. The zero-order valence-corrected chi connectivity index (χ0v) is 11.6. The van der Waals surface area contributed by atoms with Crippen LogP contribution in [-0.4, -0.2) is 34.3 Å². The van der Waals surface area contributed by atoms with Crippen LogP contribution < -0.4 is 5.73 Å². The molecule has 1 atom stereocenters. The van der Waals surface area contributed by atoms with E-state index in [0.29, 0.717) is 0 Å². The molecule has 0 aliphatic rings. The zero-order chi connectivity index (χ0) is 12.8. The summed E-state index contributed by atoms with van der Waals surface area (Å²) in [7, 11) is 2.12. The number of hydrogen-bond donors (Lipinski definition) is 1. The van der Waals surface area contributed by atoms with E-state index in [9.17, 15) is 0 Å². The molecule has 2 N–H and O–H groups in total. The van der Waals surface area contributed by atoms with Gasteiger partial charge in [-0.1, -0.05) is 13.3 Å². The largest absolute Gasteiger partial charge is 0.327 e. The number of aromatic nitrogens is 2. The molecule has 0 radical (unpaired) electrons. The molecule has 1 aromatic heterocycles. The molecule has 4 heteroatoms. The topological polar surface area (TPSA) is 47.1 Å². The molecule has 0 saturated carbocycles. The molecule has 98 valence electrons.